The first-order valence-electron chi connectivity index (χ1n) is 6.47. The van der Waals surface area contributed by atoms with Crippen molar-refractivity contribution in [3.05, 3.63) is 12.2 Å². The quantitative estimate of drug-likeness (QED) is 0.558. The monoisotopic (exact) mass is 236 g/mol. The third-order valence-corrected chi connectivity index (χ3v) is 5.79. The summed E-state index contributed by atoms with van der Waals surface area (Å²) in [5, 5.41) is 9.68. The molecule has 0 spiro atoms. The van der Waals surface area contributed by atoms with Crippen molar-refractivity contribution in [3.63, 3.8) is 0 Å². The number of esters is 1. The van der Waals surface area contributed by atoms with E-state index in [-0.39, 0.29) is 30.0 Å². The van der Waals surface area contributed by atoms with E-state index in [1.54, 1.807) is 0 Å². The fourth-order valence-electron chi connectivity index (χ4n) is 4.22. The molecule has 0 amide bonds. The lowest BCUT2D eigenvalue weighted by molar-refractivity contribution is -0.151. The van der Waals surface area contributed by atoms with Crippen LogP contribution in [0.3, 0.4) is 0 Å². The van der Waals surface area contributed by atoms with Crippen LogP contribution in [0.2, 0.25) is 0 Å². The van der Waals surface area contributed by atoms with Gasteiger partial charge in [0.15, 0.2) is 0 Å². The van der Waals surface area contributed by atoms with Crippen LogP contribution in [-0.4, -0.2) is 23.8 Å². The van der Waals surface area contributed by atoms with Crippen LogP contribution in [-0.2, 0) is 9.53 Å². The van der Waals surface area contributed by atoms with E-state index in [0.29, 0.717) is 5.92 Å². The number of aliphatic hydroxyl groups is 1. The largest absolute Gasteiger partial charge is 0.461 e. The van der Waals surface area contributed by atoms with Gasteiger partial charge in [-0.3, -0.25) is 4.79 Å². The summed E-state index contributed by atoms with van der Waals surface area (Å²) < 4.78 is 5.52. The molecule has 0 aromatic rings. The van der Waals surface area contributed by atoms with Gasteiger partial charge in [-0.15, -0.1) is 0 Å². The maximum Gasteiger partial charge on any atom is 0.315 e. The van der Waals surface area contributed by atoms with Crippen molar-refractivity contribution >= 4 is 5.97 Å². The van der Waals surface area contributed by atoms with Gasteiger partial charge in [-0.25, -0.2) is 0 Å². The number of hydrogen-bond donors (Lipinski definition) is 1. The fraction of sp³-hybridized carbons (Fsp3) is 0.786. The number of fused-ring (bicyclic) bond motifs is 1. The van der Waals surface area contributed by atoms with Crippen LogP contribution in [0.15, 0.2) is 12.2 Å². The molecule has 1 aliphatic heterocycles. The molecule has 2 bridgehead atoms. The second-order valence-electron chi connectivity index (χ2n) is 6.32. The second kappa shape index (κ2) is 3.14. The van der Waals surface area contributed by atoms with Crippen LogP contribution < -0.4 is 0 Å². The fourth-order valence-corrected chi connectivity index (χ4v) is 4.22. The molecule has 3 nitrogen and oxygen atoms in total. The van der Waals surface area contributed by atoms with Crippen LogP contribution in [0.4, 0.5) is 0 Å². The molecule has 5 atom stereocenters. The van der Waals surface area contributed by atoms with E-state index >= 15 is 0 Å². The summed E-state index contributed by atoms with van der Waals surface area (Å²) in [7, 11) is 0. The molecule has 17 heavy (non-hydrogen) atoms. The molecule has 2 aliphatic carbocycles. The average molecular weight is 236 g/mol. The number of carbonyl (C=O) groups excluding carboxylic acids is 1. The summed E-state index contributed by atoms with van der Waals surface area (Å²) >= 11 is 0. The number of carbonyl (C=O) groups is 1. The summed E-state index contributed by atoms with van der Waals surface area (Å²) in [6.45, 7) is 8.62. The third-order valence-electron chi connectivity index (χ3n) is 5.79. The first-order valence-corrected chi connectivity index (χ1v) is 6.47. The van der Waals surface area contributed by atoms with Crippen LogP contribution in [0.1, 0.15) is 33.1 Å². The highest BCUT2D eigenvalue weighted by Crippen LogP contribution is 2.64. The lowest BCUT2D eigenvalue weighted by Gasteiger charge is -2.53. The van der Waals surface area contributed by atoms with Gasteiger partial charge in [0, 0.05) is 5.92 Å². The first kappa shape index (κ1) is 11.3. The van der Waals surface area contributed by atoms with E-state index < -0.39 is 5.41 Å². The van der Waals surface area contributed by atoms with E-state index in [4.69, 9.17) is 4.74 Å². The highest BCUT2D eigenvalue weighted by atomic mass is 16.6. The van der Waals surface area contributed by atoms with Crippen molar-refractivity contribution in [3.8, 4) is 0 Å². The van der Waals surface area contributed by atoms with Crippen molar-refractivity contribution in [1.82, 2.24) is 0 Å². The highest BCUT2D eigenvalue weighted by molar-refractivity contribution is 5.81. The van der Waals surface area contributed by atoms with Gasteiger partial charge in [-0.2, -0.15) is 0 Å². The lowest BCUT2D eigenvalue weighted by atomic mass is 9.48. The Kier molecular flexibility index (Phi) is 2.08. The van der Waals surface area contributed by atoms with Crippen molar-refractivity contribution in [2.24, 2.45) is 22.7 Å². The number of rotatable bonds is 1. The van der Waals surface area contributed by atoms with Crippen LogP contribution in [0.25, 0.3) is 0 Å². The minimum atomic E-state index is -0.679. The Morgan fingerprint density at radius 1 is 1.53 bits per heavy atom. The summed E-state index contributed by atoms with van der Waals surface area (Å²) in [5.74, 6) is 0.334. The molecular formula is C14H20O3. The second-order valence-corrected chi connectivity index (χ2v) is 6.32. The van der Waals surface area contributed by atoms with E-state index in [2.05, 4.69) is 20.4 Å². The van der Waals surface area contributed by atoms with E-state index in [1.807, 2.05) is 0 Å². The maximum absolute atomic E-state index is 12.1. The van der Waals surface area contributed by atoms with Gasteiger partial charge in [-0.1, -0.05) is 26.0 Å². The van der Waals surface area contributed by atoms with Gasteiger partial charge in [0.05, 0.1) is 6.61 Å². The van der Waals surface area contributed by atoms with Gasteiger partial charge in [0.25, 0.3) is 0 Å². The maximum atomic E-state index is 12.1. The number of ether oxygens (including phenoxy) is 1. The van der Waals surface area contributed by atoms with E-state index in [1.165, 1.54) is 0 Å². The molecule has 2 saturated carbocycles. The highest BCUT2D eigenvalue weighted by Gasteiger charge is 2.66. The smallest absolute Gasteiger partial charge is 0.315 e. The van der Waals surface area contributed by atoms with E-state index in [9.17, 15) is 9.90 Å². The van der Waals surface area contributed by atoms with E-state index in [0.717, 1.165) is 24.8 Å². The zero-order valence-electron chi connectivity index (χ0n) is 10.5. The van der Waals surface area contributed by atoms with Gasteiger partial charge in [0.2, 0.25) is 0 Å². The zero-order valence-corrected chi connectivity index (χ0v) is 10.5. The Morgan fingerprint density at radius 3 is 2.88 bits per heavy atom. The van der Waals surface area contributed by atoms with Crippen molar-refractivity contribution in [2.75, 3.05) is 6.61 Å². The van der Waals surface area contributed by atoms with Gasteiger partial charge in [-0.05, 0) is 30.6 Å². The molecule has 1 N–H and O–H groups in total. The van der Waals surface area contributed by atoms with Crippen LogP contribution >= 0.6 is 0 Å². The Labute approximate surface area is 102 Å². The Morgan fingerprint density at radius 2 is 2.24 bits per heavy atom. The SMILES string of the molecule is C=C1[C@H]2[C@H]3C[C@H](C)[C@@]1(C)CC[C@]2(CO)C(=O)O3. The van der Waals surface area contributed by atoms with Crippen LogP contribution in [0.5, 0.6) is 0 Å². The molecule has 3 heteroatoms. The average Bonchev–Trinajstić information content (AvgIpc) is 2.58. The van der Waals surface area contributed by atoms with Crippen molar-refractivity contribution in [2.45, 2.75) is 39.2 Å². The van der Waals surface area contributed by atoms with Gasteiger partial charge < -0.3 is 9.84 Å². The predicted octanol–water partition coefficient (Wildman–Crippen LogP) is 1.90. The van der Waals surface area contributed by atoms with Gasteiger partial charge in [0.1, 0.15) is 11.5 Å². The molecule has 3 fully saturated rings. The molecular weight excluding hydrogens is 216 g/mol. The molecule has 0 unspecified atom stereocenters. The van der Waals surface area contributed by atoms with Crippen molar-refractivity contribution < 1.29 is 14.6 Å². The first-order chi connectivity index (χ1) is 7.95. The summed E-state index contributed by atoms with van der Waals surface area (Å²) in [5.41, 5.74) is 0.572. The summed E-state index contributed by atoms with van der Waals surface area (Å²) in [6, 6.07) is 0. The Hall–Kier alpha value is -0.830. The van der Waals surface area contributed by atoms with Crippen LogP contribution in [0, 0.1) is 22.7 Å². The third kappa shape index (κ3) is 1.09. The molecule has 0 radical (unpaired) electrons. The normalized spacial score (nSPS) is 52.5. The topological polar surface area (TPSA) is 46.5 Å². The Balaban J connectivity index is 2.11. The minimum Gasteiger partial charge on any atom is -0.461 e. The van der Waals surface area contributed by atoms with Crippen molar-refractivity contribution in [1.29, 1.82) is 0 Å². The number of aliphatic hydroxyl groups excluding tert-OH is 1. The molecule has 0 aromatic carbocycles. The molecule has 0 aromatic heterocycles. The molecule has 94 valence electrons. The zero-order chi connectivity index (χ0) is 12.4. The minimum absolute atomic E-state index is 0.0370. The molecule has 3 aliphatic rings. The molecule has 3 rings (SSSR count). The summed E-state index contributed by atoms with van der Waals surface area (Å²) in [4.78, 5) is 12.1. The lowest BCUT2D eigenvalue weighted by Crippen LogP contribution is -2.52. The summed E-state index contributed by atoms with van der Waals surface area (Å²) in [6.07, 6.45) is 2.54. The number of hydrogen-bond acceptors (Lipinski definition) is 3. The molecule has 1 heterocycles. The standard InChI is InChI=1S/C14H20O3/c1-8-6-10-11-9(2)13(8,3)4-5-14(11,7-15)12(16)17-10/h8,10-11,15H,2,4-7H2,1,3H3/t8-,10+,11-,13+,14+/m0/s1. The Bertz CT molecular complexity index is 402. The predicted molar refractivity (Wildman–Crippen MR) is 63.2 cm³/mol. The van der Waals surface area contributed by atoms with Gasteiger partial charge >= 0.3 is 5.97 Å². The molecule has 1 saturated heterocycles.